The second-order valence-electron chi connectivity index (χ2n) is 11.5. The van der Waals surface area contributed by atoms with Crippen molar-refractivity contribution in [2.45, 2.75) is 53.2 Å². The van der Waals surface area contributed by atoms with Gasteiger partial charge in [-0.3, -0.25) is 15.1 Å². The van der Waals surface area contributed by atoms with Crippen LogP contribution in [-0.2, 0) is 11.3 Å². The van der Waals surface area contributed by atoms with Crippen LogP contribution in [0, 0.1) is 13.8 Å². The Hall–Kier alpha value is -4.44. The van der Waals surface area contributed by atoms with E-state index in [0.29, 0.717) is 24.5 Å². The van der Waals surface area contributed by atoms with Crippen molar-refractivity contribution in [3.05, 3.63) is 83.2 Å². The summed E-state index contributed by atoms with van der Waals surface area (Å²) < 4.78 is 5.32. The van der Waals surface area contributed by atoms with E-state index < -0.39 is 17.6 Å². The van der Waals surface area contributed by atoms with E-state index in [9.17, 15) is 14.4 Å². The van der Waals surface area contributed by atoms with Gasteiger partial charge < -0.3 is 25.2 Å². The average Bonchev–Trinajstić information content (AvgIpc) is 2.90. The zero-order valence-corrected chi connectivity index (χ0v) is 25.6. The van der Waals surface area contributed by atoms with Gasteiger partial charge >= 0.3 is 12.1 Å². The Morgan fingerprint density at radius 3 is 2.14 bits per heavy atom. The van der Waals surface area contributed by atoms with Crippen molar-refractivity contribution in [3.63, 3.8) is 0 Å². The molecule has 0 unspecified atom stereocenters. The SMILES string of the molecule is Cc1ccc(NC(=O)N(CCCN(C)C)Cc2ccc(C(=O)Nc3ccccc3NC(=O)OC(C)(C)C)nc2)cc1C. The lowest BCUT2D eigenvalue weighted by molar-refractivity contribution is 0.0635. The molecule has 42 heavy (non-hydrogen) atoms. The topological polar surface area (TPSA) is 116 Å². The Morgan fingerprint density at radius 1 is 0.857 bits per heavy atom. The first-order chi connectivity index (χ1) is 19.8. The van der Waals surface area contributed by atoms with Gasteiger partial charge in [0.15, 0.2) is 0 Å². The number of hydrogen-bond acceptors (Lipinski definition) is 6. The summed E-state index contributed by atoms with van der Waals surface area (Å²) in [4.78, 5) is 46.6. The van der Waals surface area contributed by atoms with Crippen LogP contribution >= 0.6 is 0 Å². The van der Waals surface area contributed by atoms with Crippen molar-refractivity contribution in [1.29, 1.82) is 0 Å². The highest BCUT2D eigenvalue weighted by atomic mass is 16.6. The summed E-state index contributed by atoms with van der Waals surface area (Å²) in [7, 11) is 4.00. The lowest BCUT2D eigenvalue weighted by Crippen LogP contribution is -2.36. The molecule has 0 aliphatic carbocycles. The summed E-state index contributed by atoms with van der Waals surface area (Å²) in [5.74, 6) is -0.435. The zero-order valence-electron chi connectivity index (χ0n) is 25.6. The highest BCUT2D eigenvalue weighted by molar-refractivity contribution is 6.05. The van der Waals surface area contributed by atoms with Crippen LogP contribution in [0.5, 0.6) is 0 Å². The number of ether oxygens (including phenoxy) is 1. The van der Waals surface area contributed by atoms with Gasteiger partial charge in [-0.2, -0.15) is 0 Å². The average molecular weight is 575 g/mol. The molecule has 0 bridgehead atoms. The number of anilines is 3. The first-order valence-electron chi connectivity index (χ1n) is 13.9. The van der Waals surface area contributed by atoms with E-state index >= 15 is 0 Å². The summed E-state index contributed by atoms with van der Waals surface area (Å²) in [6.07, 6.45) is 1.78. The first-order valence-corrected chi connectivity index (χ1v) is 13.9. The lowest BCUT2D eigenvalue weighted by Gasteiger charge is -2.24. The highest BCUT2D eigenvalue weighted by Gasteiger charge is 2.19. The summed E-state index contributed by atoms with van der Waals surface area (Å²) in [5, 5.41) is 8.47. The minimum absolute atomic E-state index is 0.199. The molecular weight excluding hydrogens is 532 g/mol. The van der Waals surface area contributed by atoms with E-state index in [-0.39, 0.29) is 11.7 Å². The number of hydrogen-bond donors (Lipinski definition) is 3. The number of pyridine rings is 1. The predicted octanol–water partition coefficient (Wildman–Crippen LogP) is 6.28. The van der Waals surface area contributed by atoms with Crippen molar-refractivity contribution in [3.8, 4) is 0 Å². The van der Waals surface area contributed by atoms with Crippen molar-refractivity contribution in [1.82, 2.24) is 14.8 Å². The number of amides is 4. The number of urea groups is 1. The van der Waals surface area contributed by atoms with Gasteiger partial charge in [0.1, 0.15) is 11.3 Å². The molecule has 1 heterocycles. The van der Waals surface area contributed by atoms with E-state index in [2.05, 4.69) is 25.8 Å². The number of para-hydroxylation sites is 2. The van der Waals surface area contributed by atoms with Crippen LogP contribution in [-0.4, -0.2) is 65.6 Å². The zero-order chi connectivity index (χ0) is 30.9. The van der Waals surface area contributed by atoms with Gasteiger partial charge in [-0.05, 0) is 109 Å². The molecule has 4 amide bonds. The fraction of sp³-hybridized carbons (Fsp3) is 0.375. The number of carbonyl (C=O) groups excluding carboxylic acids is 3. The van der Waals surface area contributed by atoms with Gasteiger partial charge in [-0.1, -0.05) is 24.3 Å². The van der Waals surface area contributed by atoms with Crippen molar-refractivity contribution < 1.29 is 19.1 Å². The third-order valence-electron chi connectivity index (χ3n) is 6.32. The number of aromatic nitrogens is 1. The van der Waals surface area contributed by atoms with Crippen LogP contribution in [0.3, 0.4) is 0 Å². The molecule has 10 nitrogen and oxygen atoms in total. The molecule has 0 saturated heterocycles. The molecule has 3 rings (SSSR count). The van der Waals surface area contributed by atoms with E-state index in [4.69, 9.17) is 4.74 Å². The normalized spacial score (nSPS) is 11.1. The standard InChI is InChI=1S/C32H42N6O4/c1-22-13-15-25(19-23(22)2)34-30(40)38(18-10-17-37(6)7)21-24-14-16-28(33-20-24)29(39)35-26-11-8-9-12-27(26)36-31(41)42-32(3,4)5/h8-9,11-16,19-20H,10,17-18,21H2,1-7H3,(H,34,40)(H,35,39)(H,36,41). The minimum Gasteiger partial charge on any atom is -0.444 e. The molecule has 0 aliphatic rings. The molecule has 0 saturated carbocycles. The molecule has 0 fully saturated rings. The van der Waals surface area contributed by atoms with Gasteiger partial charge in [-0.25, -0.2) is 9.59 Å². The number of carbonyl (C=O) groups is 3. The largest absolute Gasteiger partial charge is 0.444 e. The quantitative estimate of drug-likeness (QED) is 0.262. The summed E-state index contributed by atoms with van der Waals surface area (Å²) >= 11 is 0. The summed E-state index contributed by atoms with van der Waals surface area (Å²) in [5.41, 5.74) is 4.16. The molecule has 1 aromatic heterocycles. The maximum Gasteiger partial charge on any atom is 0.412 e. The third-order valence-corrected chi connectivity index (χ3v) is 6.32. The number of rotatable bonds is 10. The Bertz CT molecular complexity index is 1380. The molecule has 0 aliphatic heterocycles. The third kappa shape index (κ3) is 10.2. The second-order valence-corrected chi connectivity index (χ2v) is 11.5. The van der Waals surface area contributed by atoms with E-state index in [0.717, 1.165) is 35.3 Å². The smallest absolute Gasteiger partial charge is 0.412 e. The number of nitrogens with zero attached hydrogens (tertiary/aromatic N) is 3. The predicted molar refractivity (Wildman–Crippen MR) is 167 cm³/mol. The first kappa shape index (κ1) is 32.1. The molecule has 3 aromatic rings. The molecule has 0 radical (unpaired) electrons. The van der Waals surface area contributed by atoms with Crippen LogP contribution in [0.4, 0.5) is 26.7 Å². The van der Waals surface area contributed by atoms with Crippen LogP contribution in [0.2, 0.25) is 0 Å². The van der Waals surface area contributed by atoms with E-state index in [1.165, 1.54) is 0 Å². The van der Waals surface area contributed by atoms with E-state index in [1.54, 1.807) is 68.3 Å². The van der Waals surface area contributed by atoms with Crippen LogP contribution in [0.1, 0.15) is 54.4 Å². The molecule has 0 spiro atoms. The monoisotopic (exact) mass is 574 g/mol. The lowest BCUT2D eigenvalue weighted by atomic mass is 10.1. The van der Waals surface area contributed by atoms with E-state index in [1.807, 2.05) is 46.1 Å². The summed E-state index contributed by atoms with van der Waals surface area (Å²) in [6, 6.07) is 15.9. The molecule has 3 N–H and O–H groups in total. The number of nitrogens with one attached hydrogen (secondary N) is 3. The maximum atomic E-state index is 13.2. The van der Waals surface area contributed by atoms with Crippen molar-refractivity contribution in [2.75, 3.05) is 43.1 Å². The van der Waals surface area contributed by atoms with Crippen LogP contribution < -0.4 is 16.0 Å². The number of benzene rings is 2. The Labute approximate surface area is 248 Å². The summed E-state index contributed by atoms with van der Waals surface area (Å²) in [6.45, 7) is 11.1. The second kappa shape index (κ2) is 14.5. The Balaban J connectivity index is 1.68. The van der Waals surface area contributed by atoms with Gasteiger partial charge in [0.25, 0.3) is 5.91 Å². The van der Waals surface area contributed by atoms with Gasteiger partial charge in [0.05, 0.1) is 11.4 Å². The van der Waals surface area contributed by atoms with Crippen molar-refractivity contribution in [2.24, 2.45) is 0 Å². The van der Waals surface area contributed by atoms with Gasteiger partial charge in [-0.15, -0.1) is 0 Å². The molecule has 0 atom stereocenters. The van der Waals surface area contributed by atoms with Crippen molar-refractivity contribution >= 4 is 35.1 Å². The molecule has 2 aromatic carbocycles. The van der Waals surface area contributed by atoms with Gasteiger partial charge in [0.2, 0.25) is 0 Å². The Morgan fingerprint density at radius 2 is 1.55 bits per heavy atom. The molecule has 224 valence electrons. The van der Waals surface area contributed by atoms with Gasteiger partial charge in [0, 0.05) is 25.0 Å². The highest BCUT2D eigenvalue weighted by Crippen LogP contribution is 2.23. The number of aryl methyl sites for hydroxylation is 2. The fourth-order valence-corrected chi connectivity index (χ4v) is 4.03. The molecule has 10 heteroatoms. The minimum atomic E-state index is -0.656. The van der Waals surface area contributed by atoms with Crippen LogP contribution in [0.15, 0.2) is 60.8 Å². The fourth-order valence-electron chi connectivity index (χ4n) is 4.03. The maximum absolute atomic E-state index is 13.2. The Kier molecular flexibility index (Phi) is 11.0. The molecular formula is C32H42N6O4. The van der Waals surface area contributed by atoms with Crippen LogP contribution in [0.25, 0.3) is 0 Å².